The Hall–Kier alpha value is -3.99. The Balaban J connectivity index is 2.05. The van der Waals surface area contributed by atoms with Crippen LogP contribution in [-0.4, -0.2) is 54.2 Å². The third-order valence-electron chi connectivity index (χ3n) is 6.10. The van der Waals surface area contributed by atoms with E-state index in [9.17, 15) is 24.5 Å². The number of non-ortho nitro benzene ring substituents is 1. The highest BCUT2D eigenvalue weighted by atomic mass is 32.2. The number of carbonyl (C=O) groups excluding carboxylic acids is 3. The Labute approximate surface area is 224 Å². The zero-order valence-electron chi connectivity index (χ0n) is 21.3. The number of nitro benzene ring substituents is 1. The van der Waals surface area contributed by atoms with Crippen LogP contribution in [0.15, 0.2) is 70.9 Å². The predicted molar refractivity (Wildman–Crippen MR) is 144 cm³/mol. The second-order valence-electron chi connectivity index (χ2n) is 8.43. The van der Waals surface area contributed by atoms with Gasteiger partial charge in [0.1, 0.15) is 5.92 Å². The van der Waals surface area contributed by atoms with E-state index in [1.165, 1.54) is 37.1 Å². The molecule has 2 aromatic carbocycles. The summed E-state index contributed by atoms with van der Waals surface area (Å²) >= 11 is 1.45. The van der Waals surface area contributed by atoms with Gasteiger partial charge in [-0.1, -0.05) is 42.5 Å². The largest absolute Gasteiger partial charge is 0.468 e. The van der Waals surface area contributed by atoms with Gasteiger partial charge in [0, 0.05) is 35.3 Å². The smallest absolute Gasteiger partial charge is 0.336 e. The van der Waals surface area contributed by atoms with Crippen LogP contribution in [0, 0.1) is 16.0 Å². The molecule has 0 aliphatic carbocycles. The lowest BCUT2D eigenvalue weighted by molar-refractivity contribution is -0.384. The monoisotopic (exact) mass is 539 g/mol. The molecule has 3 rings (SSSR count). The van der Waals surface area contributed by atoms with Gasteiger partial charge in [-0.2, -0.15) is 11.8 Å². The van der Waals surface area contributed by atoms with Crippen molar-refractivity contribution in [2.45, 2.75) is 25.8 Å². The van der Waals surface area contributed by atoms with Crippen LogP contribution in [0.4, 0.5) is 5.69 Å². The van der Waals surface area contributed by atoms with Gasteiger partial charge in [-0.25, -0.2) is 4.79 Å². The van der Waals surface area contributed by atoms with Crippen LogP contribution in [0.25, 0.3) is 0 Å². The minimum Gasteiger partial charge on any atom is -0.468 e. The SMILES string of the molecule is CCOC(=O)C1=C(CSC[C@H](NC=O)c2ccccc2)N=C(C)C(C(=O)OC)C1c1cccc([N+](=O)[O-])c1. The zero-order valence-corrected chi connectivity index (χ0v) is 22.1. The van der Waals surface area contributed by atoms with Crippen molar-refractivity contribution in [3.8, 4) is 0 Å². The second kappa shape index (κ2) is 13.5. The number of ether oxygens (including phenoxy) is 2. The highest BCUT2D eigenvalue weighted by Crippen LogP contribution is 2.42. The van der Waals surface area contributed by atoms with Crippen LogP contribution < -0.4 is 5.32 Å². The number of methoxy groups -OCH3 is 1. The van der Waals surface area contributed by atoms with E-state index < -0.39 is 28.7 Å². The second-order valence-corrected chi connectivity index (χ2v) is 9.46. The number of amides is 1. The first-order chi connectivity index (χ1) is 18.3. The van der Waals surface area contributed by atoms with Crippen LogP contribution in [-0.2, 0) is 23.9 Å². The molecule has 2 aromatic rings. The van der Waals surface area contributed by atoms with E-state index in [-0.39, 0.29) is 29.7 Å². The van der Waals surface area contributed by atoms with Crippen molar-refractivity contribution in [1.29, 1.82) is 0 Å². The summed E-state index contributed by atoms with van der Waals surface area (Å²) in [4.78, 5) is 53.0. The molecule has 3 atom stereocenters. The van der Waals surface area contributed by atoms with Gasteiger partial charge in [-0.05, 0) is 25.0 Å². The van der Waals surface area contributed by atoms with Crippen molar-refractivity contribution in [3.05, 3.63) is 87.1 Å². The number of hydrogen-bond donors (Lipinski definition) is 1. The molecule has 10 nitrogen and oxygen atoms in total. The van der Waals surface area contributed by atoms with Gasteiger partial charge in [0.15, 0.2) is 0 Å². The van der Waals surface area contributed by atoms with Gasteiger partial charge in [0.05, 0.1) is 36.0 Å². The maximum absolute atomic E-state index is 13.3. The first kappa shape index (κ1) is 28.6. The van der Waals surface area contributed by atoms with Crippen LogP contribution in [0.2, 0.25) is 0 Å². The summed E-state index contributed by atoms with van der Waals surface area (Å²) in [5.41, 5.74) is 2.13. The van der Waals surface area contributed by atoms with Gasteiger partial charge in [-0.15, -0.1) is 0 Å². The maximum Gasteiger partial charge on any atom is 0.336 e. The number of thioether (sulfide) groups is 1. The summed E-state index contributed by atoms with van der Waals surface area (Å²) in [6.45, 7) is 3.43. The molecule has 0 spiro atoms. The molecule has 1 aliphatic heterocycles. The van der Waals surface area contributed by atoms with Crippen molar-refractivity contribution >= 4 is 41.5 Å². The van der Waals surface area contributed by atoms with E-state index >= 15 is 0 Å². The van der Waals surface area contributed by atoms with Gasteiger partial charge >= 0.3 is 11.9 Å². The molecule has 1 heterocycles. The van der Waals surface area contributed by atoms with Gasteiger partial charge in [-0.3, -0.25) is 24.7 Å². The molecular weight excluding hydrogens is 510 g/mol. The molecule has 1 amide bonds. The Morgan fingerprint density at radius 1 is 1.21 bits per heavy atom. The normalized spacial score (nSPS) is 17.7. The molecule has 1 N–H and O–H groups in total. The van der Waals surface area contributed by atoms with E-state index in [0.29, 0.717) is 29.1 Å². The number of nitrogens with one attached hydrogen (secondary N) is 1. The van der Waals surface area contributed by atoms with E-state index in [1.807, 2.05) is 30.3 Å². The number of benzene rings is 2. The fourth-order valence-corrected chi connectivity index (χ4v) is 5.46. The zero-order chi connectivity index (χ0) is 27.7. The molecule has 200 valence electrons. The van der Waals surface area contributed by atoms with Crippen LogP contribution in [0.3, 0.4) is 0 Å². The summed E-state index contributed by atoms with van der Waals surface area (Å²) in [5.74, 6) is -2.38. The number of esters is 2. The molecule has 0 radical (unpaired) electrons. The van der Waals surface area contributed by atoms with Gasteiger partial charge < -0.3 is 14.8 Å². The van der Waals surface area contributed by atoms with E-state index in [2.05, 4.69) is 10.3 Å². The van der Waals surface area contributed by atoms with E-state index in [4.69, 9.17) is 9.47 Å². The average molecular weight is 540 g/mol. The van der Waals surface area contributed by atoms with E-state index in [1.54, 1.807) is 19.9 Å². The summed E-state index contributed by atoms with van der Waals surface area (Å²) < 4.78 is 10.4. The number of aliphatic imine (C=N–C) groups is 1. The molecule has 0 saturated carbocycles. The third kappa shape index (κ3) is 6.65. The predicted octanol–water partition coefficient (Wildman–Crippen LogP) is 3.98. The topological polar surface area (TPSA) is 137 Å². The lowest BCUT2D eigenvalue weighted by Crippen LogP contribution is -2.36. The number of hydrogen-bond acceptors (Lipinski definition) is 9. The summed E-state index contributed by atoms with van der Waals surface area (Å²) in [5, 5.41) is 14.3. The Morgan fingerprint density at radius 3 is 2.58 bits per heavy atom. The highest BCUT2D eigenvalue weighted by molar-refractivity contribution is 7.99. The fourth-order valence-electron chi connectivity index (χ4n) is 4.40. The lowest BCUT2D eigenvalue weighted by Gasteiger charge is -2.32. The van der Waals surface area contributed by atoms with Gasteiger partial charge in [0.2, 0.25) is 6.41 Å². The maximum atomic E-state index is 13.3. The lowest BCUT2D eigenvalue weighted by atomic mass is 9.75. The summed E-state index contributed by atoms with van der Waals surface area (Å²) in [6, 6.07) is 15.0. The number of carbonyl (C=O) groups is 3. The van der Waals surface area contributed by atoms with Crippen molar-refractivity contribution in [2.75, 3.05) is 25.2 Å². The molecule has 11 heteroatoms. The van der Waals surface area contributed by atoms with Crippen molar-refractivity contribution in [3.63, 3.8) is 0 Å². The van der Waals surface area contributed by atoms with Crippen LogP contribution >= 0.6 is 11.8 Å². The minimum absolute atomic E-state index is 0.0926. The Morgan fingerprint density at radius 2 is 1.95 bits per heavy atom. The van der Waals surface area contributed by atoms with Gasteiger partial charge in [0.25, 0.3) is 5.69 Å². The highest BCUT2D eigenvalue weighted by Gasteiger charge is 2.43. The Kier molecular flexibility index (Phi) is 10.2. The number of nitro groups is 1. The molecule has 1 aliphatic rings. The quantitative estimate of drug-likeness (QED) is 0.185. The standard InChI is InChI=1S/C27H29N3O7S/c1-4-37-27(33)25-22(15-38-14-21(28-16-31)18-9-6-5-7-10-18)29-17(2)23(26(32)36-3)24(25)19-11-8-12-20(13-19)30(34)35/h5-13,16,21,23-24H,4,14-15H2,1-3H3,(H,28,31)/t21-,23?,24?/m0/s1. The van der Waals surface area contributed by atoms with Crippen molar-refractivity contribution < 1.29 is 28.8 Å². The minimum atomic E-state index is -0.969. The molecular formula is C27H29N3O7S. The van der Waals surface area contributed by atoms with Crippen molar-refractivity contribution in [1.82, 2.24) is 5.32 Å². The van der Waals surface area contributed by atoms with Crippen molar-refractivity contribution in [2.24, 2.45) is 10.9 Å². The number of rotatable bonds is 12. The molecule has 0 saturated heterocycles. The summed E-state index contributed by atoms with van der Waals surface area (Å²) in [7, 11) is 1.24. The first-order valence-corrected chi connectivity index (χ1v) is 13.1. The van der Waals surface area contributed by atoms with Crippen LogP contribution in [0.5, 0.6) is 0 Å². The molecule has 0 aromatic heterocycles. The molecule has 0 fully saturated rings. The fraction of sp³-hybridized carbons (Fsp3) is 0.333. The van der Waals surface area contributed by atoms with E-state index in [0.717, 1.165) is 5.56 Å². The number of nitrogens with zero attached hydrogens (tertiary/aromatic N) is 2. The first-order valence-electron chi connectivity index (χ1n) is 11.9. The molecule has 2 unspecified atom stereocenters. The third-order valence-corrected chi connectivity index (χ3v) is 7.15. The van der Waals surface area contributed by atoms with Crippen LogP contribution in [0.1, 0.15) is 36.9 Å². The molecule has 0 bridgehead atoms. The summed E-state index contributed by atoms with van der Waals surface area (Å²) in [6.07, 6.45) is 0.643. The molecule has 38 heavy (non-hydrogen) atoms. The average Bonchev–Trinajstić information content (AvgIpc) is 2.92. The Bertz CT molecular complexity index is 1250.